The number of anilines is 1. The van der Waals surface area contributed by atoms with Crippen LogP contribution in [-0.2, 0) is 0 Å². The van der Waals surface area contributed by atoms with Crippen molar-refractivity contribution in [2.45, 2.75) is 59.0 Å². The second-order valence-electron chi connectivity index (χ2n) is 6.29. The van der Waals surface area contributed by atoms with E-state index < -0.39 is 0 Å². The zero-order chi connectivity index (χ0) is 14.2. The lowest BCUT2D eigenvalue weighted by Crippen LogP contribution is -2.33. The predicted octanol–water partition coefficient (Wildman–Crippen LogP) is 3.47. The normalized spacial score (nSPS) is 21.9. The van der Waals surface area contributed by atoms with Gasteiger partial charge in [0.1, 0.15) is 5.02 Å². The molecule has 0 aromatic carbocycles. The summed E-state index contributed by atoms with van der Waals surface area (Å²) < 4.78 is 1.41. The molecule has 0 amide bonds. The molecule has 0 radical (unpaired) electrons. The summed E-state index contributed by atoms with van der Waals surface area (Å²) in [5.74, 6) is 0. The molecule has 1 aliphatic rings. The average Bonchev–Trinajstić information content (AvgIpc) is 2.64. The van der Waals surface area contributed by atoms with Crippen molar-refractivity contribution >= 4 is 17.3 Å². The van der Waals surface area contributed by atoms with Crippen molar-refractivity contribution in [3.8, 4) is 0 Å². The Bertz CT molecular complexity index is 522. The minimum Gasteiger partial charge on any atom is -0.379 e. The molecule has 0 spiro atoms. The van der Waals surface area contributed by atoms with Crippen LogP contribution in [-0.4, -0.2) is 15.8 Å². The van der Waals surface area contributed by atoms with Crippen LogP contribution in [0.15, 0.2) is 11.0 Å². The Morgan fingerprint density at radius 2 is 2.21 bits per heavy atom. The third kappa shape index (κ3) is 2.78. The van der Waals surface area contributed by atoms with E-state index in [1.165, 1.54) is 17.5 Å². The molecule has 19 heavy (non-hydrogen) atoms. The minimum atomic E-state index is -0.225. The molecule has 0 aliphatic heterocycles. The molecule has 1 atom stereocenters. The molecule has 4 nitrogen and oxygen atoms in total. The number of nitrogens with one attached hydrogen (secondary N) is 1. The molecule has 1 N–H and O–H groups in total. The smallest absolute Gasteiger partial charge is 0.287 e. The third-order valence-corrected chi connectivity index (χ3v) is 4.38. The average molecular weight is 284 g/mol. The summed E-state index contributed by atoms with van der Waals surface area (Å²) in [6.07, 6.45) is 5.17. The molecule has 5 heteroatoms. The molecular weight excluding hydrogens is 262 g/mol. The fourth-order valence-electron chi connectivity index (χ4n) is 2.70. The van der Waals surface area contributed by atoms with E-state index in [4.69, 9.17) is 11.6 Å². The lowest BCUT2D eigenvalue weighted by Gasteiger charge is -2.29. The van der Waals surface area contributed by atoms with Crippen molar-refractivity contribution in [2.24, 2.45) is 5.41 Å². The van der Waals surface area contributed by atoms with Gasteiger partial charge in [0.25, 0.3) is 5.56 Å². The molecule has 1 heterocycles. The summed E-state index contributed by atoms with van der Waals surface area (Å²) >= 11 is 6.18. The van der Waals surface area contributed by atoms with Crippen LogP contribution in [0.5, 0.6) is 0 Å². The van der Waals surface area contributed by atoms with Crippen LogP contribution in [0, 0.1) is 5.41 Å². The van der Waals surface area contributed by atoms with Gasteiger partial charge in [-0.2, -0.15) is 5.10 Å². The number of aromatic nitrogens is 2. The first-order valence-electron chi connectivity index (χ1n) is 6.87. The van der Waals surface area contributed by atoms with Crippen molar-refractivity contribution in [2.75, 3.05) is 5.32 Å². The number of rotatable bonds is 3. The van der Waals surface area contributed by atoms with Crippen LogP contribution in [0.25, 0.3) is 0 Å². The van der Waals surface area contributed by atoms with Gasteiger partial charge in [0.15, 0.2) is 0 Å². The summed E-state index contributed by atoms with van der Waals surface area (Å²) in [5.41, 5.74) is 0.664. The quantitative estimate of drug-likeness (QED) is 0.924. The molecule has 106 valence electrons. The summed E-state index contributed by atoms with van der Waals surface area (Å²) in [7, 11) is 0. The Labute approximate surface area is 119 Å². The Morgan fingerprint density at radius 3 is 2.74 bits per heavy atom. The van der Waals surface area contributed by atoms with E-state index in [1.54, 1.807) is 6.20 Å². The highest BCUT2D eigenvalue weighted by atomic mass is 35.5. The number of nitrogens with zero attached hydrogens (tertiary/aromatic N) is 2. The standard InChI is InChI=1S/C14H22ClN3O/c1-9(2)18-13(19)12(15)10(8-16-18)17-11-6-5-7-14(11,3)4/h8-9,11,17H,5-7H2,1-4H3. The maximum absolute atomic E-state index is 12.1. The molecule has 1 aliphatic carbocycles. The second kappa shape index (κ2) is 5.16. The molecule has 1 aromatic heterocycles. The Balaban J connectivity index is 2.27. The van der Waals surface area contributed by atoms with Crippen molar-refractivity contribution in [1.82, 2.24) is 9.78 Å². The maximum atomic E-state index is 12.1. The van der Waals surface area contributed by atoms with Crippen molar-refractivity contribution in [3.05, 3.63) is 21.6 Å². The molecule has 2 rings (SSSR count). The van der Waals surface area contributed by atoms with Gasteiger partial charge in [0.05, 0.1) is 17.9 Å². The summed E-state index contributed by atoms with van der Waals surface area (Å²) in [6.45, 7) is 8.32. The van der Waals surface area contributed by atoms with E-state index in [-0.39, 0.29) is 22.0 Å². The van der Waals surface area contributed by atoms with E-state index in [0.717, 1.165) is 6.42 Å². The Morgan fingerprint density at radius 1 is 1.53 bits per heavy atom. The number of halogens is 1. The zero-order valence-corrected chi connectivity index (χ0v) is 12.8. The van der Waals surface area contributed by atoms with Crippen molar-refractivity contribution in [1.29, 1.82) is 0 Å². The van der Waals surface area contributed by atoms with Crippen LogP contribution in [0.3, 0.4) is 0 Å². The second-order valence-corrected chi connectivity index (χ2v) is 6.67. The van der Waals surface area contributed by atoms with Crippen LogP contribution in [0.1, 0.15) is 53.0 Å². The first-order valence-corrected chi connectivity index (χ1v) is 7.24. The largest absolute Gasteiger partial charge is 0.379 e. The summed E-state index contributed by atoms with van der Waals surface area (Å²) in [4.78, 5) is 12.1. The van der Waals surface area contributed by atoms with Gasteiger partial charge in [-0.3, -0.25) is 4.79 Å². The van der Waals surface area contributed by atoms with Crippen LogP contribution < -0.4 is 10.9 Å². The number of hydrogen-bond acceptors (Lipinski definition) is 3. The first-order chi connectivity index (χ1) is 8.83. The van der Waals surface area contributed by atoms with Gasteiger partial charge in [-0.15, -0.1) is 0 Å². The maximum Gasteiger partial charge on any atom is 0.287 e. The van der Waals surface area contributed by atoms with Crippen LogP contribution in [0.4, 0.5) is 5.69 Å². The lowest BCUT2D eigenvalue weighted by molar-refractivity contribution is 0.349. The van der Waals surface area contributed by atoms with Crippen molar-refractivity contribution < 1.29 is 0 Å². The fraction of sp³-hybridized carbons (Fsp3) is 0.714. The highest BCUT2D eigenvalue weighted by molar-refractivity contribution is 6.32. The van der Waals surface area contributed by atoms with E-state index in [2.05, 4.69) is 24.3 Å². The van der Waals surface area contributed by atoms with Gasteiger partial charge in [-0.1, -0.05) is 31.9 Å². The predicted molar refractivity (Wildman–Crippen MR) is 78.9 cm³/mol. The number of hydrogen-bond donors (Lipinski definition) is 1. The van der Waals surface area contributed by atoms with Gasteiger partial charge in [-0.05, 0) is 32.1 Å². The minimum absolute atomic E-state index is 0.0157. The van der Waals surface area contributed by atoms with Gasteiger partial charge < -0.3 is 5.32 Å². The molecule has 1 aromatic rings. The SMILES string of the molecule is CC(C)n1ncc(NC2CCCC2(C)C)c(Cl)c1=O. The van der Waals surface area contributed by atoms with E-state index in [1.807, 2.05) is 13.8 Å². The van der Waals surface area contributed by atoms with Gasteiger partial charge in [-0.25, -0.2) is 4.68 Å². The van der Waals surface area contributed by atoms with E-state index in [9.17, 15) is 4.79 Å². The Hall–Kier alpha value is -1.03. The molecule has 0 bridgehead atoms. The molecule has 0 saturated heterocycles. The molecule has 1 saturated carbocycles. The highest BCUT2D eigenvalue weighted by Crippen LogP contribution is 2.39. The molecule has 1 fully saturated rings. The van der Waals surface area contributed by atoms with Gasteiger partial charge in [0, 0.05) is 6.04 Å². The summed E-state index contributed by atoms with van der Waals surface area (Å²) in [6, 6.07) is 0.364. The molecular formula is C14H22ClN3O. The van der Waals surface area contributed by atoms with Crippen LogP contribution >= 0.6 is 11.6 Å². The van der Waals surface area contributed by atoms with Crippen LogP contribution in [0.2, 0.25) is 5.02 Å². The fourth-order valence-corrected chi connectivity index (χ4v) is 2.89. The zero-order valence-electron chi connectivity index (χ0n) is 12.0. The molecule has 1 unspecified atom stereocenters. The van der Waals surface area contributed by atoms with Crippen molar-refractivity contribution in [3.63, 3.8) is 0 Å². The van der Waals surface area contributed by atoms with Gasteiger partial charge in [0.2, 0.25) is 0 Å². The van der Waals surface area contributed by atoms with E-state index >= 15 is 0 Å². The third-order valence-electron chi connectivity index (χ3n) is 4.02. The van der Waals surface area contributed by atoms with E-state index in [0.29, 0.717) is 11.7 Å². The monoisotopic (exact) mass is 283 g/mol. The lowest BCUT2D eigenvalue weighted by atomic mass is 9.87. The highest BCUT2D eigenvalue weighted by Gasteiger charge is 2.34. The van der Waals surface area contributed by atoms with Gasteiger partial charge >= 0.3 is 0 Å². The first kappa shape index (κ1) is 14.4. The topological polar surface area (TPSA) is 46.9 Å². The Kier molecular flexibility index (Phi) is 3.90. The summed E-state index contributed by atoms with van der Waals surface area (Å²) in [5, 5.41) is 7.83.